The molecule has 0 saturated carbocycles. The number of aryl methyl sites for hydroxylation is 2. The molecule has 0 bridgehead atoms. The number of hydrogen-bond donors (Lipinski definition) is 0. The Hall–Kier alpha value is -1.30. The molecule has 2 saturated heterocycles. The first-order valence-corrected chi connectivity index (χ1v) is 9.36. The third kappa shape index (κ3) is 2.47. The number of aromatic nitrogens is 2. The molecule has 0 spiro atoms. The highest BCUT2D eigenvalue weighted by molar-refractivity contribution is 7.99. The molecular weight excluding hydrogens is 296 g/mol. The van der Waals surface area contributed by atoms with Gasteiger partial charge in [-0.1, -0.05) is 0 Å². The van der Waals surface area contributed by atoms with Crippen molar-refractivity contribution in [1.29, 1.82) is 0 Å². The molecule has 2 fully saturated rings. The van der Waals surface area contributed by atoms with Crippen LogP contribution in [0.5, 0.6) is 0 Å². The van der Waals surface area contributed by atoms with Gasteiger partial charge in [-0.25, -0.2) is 9.97 Å². The highest BCUT2D eigenvalue weighted by Crippen LogP contribution is 2.33. The first kappa shape index (κ1) is 14.3. The highest BCUT2D eigenvalue weighted by atomic mass is 32.2. The smallest absolute Gasteiger partial charge is 0.229 e. The Balaban J connectivity index is 1.44. The molecule has 3 heterocycles. The molecule has 1 aromatic rings. The molecule has 0 N–H and O–H groups in total. The third-order valence-electron chi connectivity index (χ3n) is 4.88. The average Bonchev–Trinajstić information content (AvgIpc) is 2.94. The van der Waals surface area contributed by atoms with Crippen LogP contribution in [0.15, 0.2) is 0 Å². The van der Waals surface area contributed by atoms with E-state index in [2.05, 4.69) is 14.9 Å². The lowest BCUT2D eigenvalue weighted by Gasteiger charge is -2.42. The van der Waals surface area contributed by atoms with Gasteiger partial charge in [-0.2, -0.15) is 11.8 Å². The van der Waals surface area contributed by atoms with Crippen LogP contribution in [0, 0.1) is 12.8 Å². The summed E-state index contributed by atoms with van der Waals surface area (Å²) in [5.74, 6) is 4.63. The van der Waals surface area contributed by atoms with Crippen molar-refractivity contribution >= 4 is 23.5 Å². The summed E-state index contributed by atoms with van der Waals surface area (Å²) >= 11 is 1.94. The van der Waals surface area contributed by atoms with Gasteiger partial charge < -0.3 is 9.80 Å². The number of nitrogens with zero attached hydrogens (tertiary/aromatic N) is 4. The van der Waals surface area contributed by atoms with Crippen molar-refractivity contribution in [3.8, 4) is 0 Å². The van der Waals surface area contributed by atoms with Gasteiger partial charge in [0.05, 0.1) is 5.92 Å². The maximum absolute atomic E-state index is 12.5. The molecule has 5 nitrogen and oxygen atoms in total. The lowest BCUT2D eigenvalue weighted by molar-refractivity contribution is -0.135. The second kappa shape index (κ2) is 5.72. The zero-order chi connectivity index (χ0) is 15.1. The summed E-state index contributed by atoms with van der Waals surface area (Å²) < 4.78 is 0. The van der Waals surface area contributed by atoms with E-state index in [0.717, 1.165) is 62.2 Å². The quantitative estimate of drug-likeness (QED) is 0.822. The Morgan fingerprint density at radius 2 is 1.95 bits per heavy atom. The molecule has 0 radical (unpaired) electrons. The maximum Gasteiger partial charge on any atom is 0.229 e. The molecule has 1 aliphatic carbocycles. The topological polar surface area (TPSA) is 49.3 Å². The Bertz CT molecular complexity index is 594. The van der Waals surface area contributed by atoms with Crippen molar-refractivity contribution in [2.75, 3.05) is 42.6 Å². The molecule has 6 heteroatoms. The van der Waals surface area contributed by atoms with Crippen LogP contribution in [0.1, 0.15) is 23.5 Å². The fourth-order valence-corrected chi connectivity index (χ4v) is 4.55. The molecule has 3 aliphatic rings. The summed E-state index contributed by atoms with van der Waals surface area (Å²) in [6.07, 6.45) is 3.35. The summed E-state index contributed by atoms with van der Waals surface area (Å²) in [7, 11) is 0. The number of carbonyl (C=O) groups excluding carboxylic acids is 1. The van der Waals surface area contributed by atoms with Gasteiger partial charge in [0.1, 0.15) is 11.6 Å². The number of rotatable bonds is 2. The van der Waals surface area contributed by atoms with Crippen LogP contribution in [0.25, 0.3) is 0 Å². The first-order chi connectivity index (χ1) is 10.7. The van der Waals surface area contributed by atoms with Crippen LogP contribution < -0.4 is 4.90 Å². The monoisotopic (exact) mass is 318 g/mol. The van der Waals surface area contributed by atoms with Gasteiger partial charge in [-0.3, -0.25) is 4.79 Å². The van der Waals surface area contributed by atoms with E-state index in [1.165, 1.54) is 17.7 Å². The summed E-state index contributed by atoms with van der Waals surface area (Å²) in [5.41, 5.74) is 2.55. The zero-order valence-corrected chi connectivity index (χ0v) is 13.9. The highest BCUT2D eigenvalue weighted by Gasteiger charge is 2.38. The molecule has 118 valence electrons. The van der Waals surface area contributed by atoms with Crippen molar-refractivity contribution in [3.63, 3.8) is 0 Å². The summed E-state index contributed by atoms with van der Waals surface area (Å²) in [6.45, 7) is 5.46. The van der Waals surface area contributed by atoms with Gasteiger partial charge in [0.2, 0.25) is 5.91 Å². The predicted octanol–water partition coefficient (Wildman–Crippen LogP) is 1.29. The van der Waals surface area contributed by atoms with Crippen molar-refractivity contribution in [3.05, 3.63) is 17.1 Å². The second-order valence-corrected chi connectivity index (χ2v) is 7.64. The van der Waals surface area contributed by atoms with Gasteiger partial charge in [0.25, 0.3) is 0 Å². The number of carbonyl (C=O) groups is 1. The van der Waals surface area contributed by atoms with E-state index in [1.807, 2.05) is 23.6 Å². The molecule has 0 atom stereocenters. The lowest BCUT2D eigenvalue weighted by atomic mass is 9.97. The minimum Gasteiger partial charge on any atom is -0.355 e. The Kier molecular flexibility index (Phi) is 3.72. The summed E-state index contributed by atoms with van der Waals surface area (Å²) in [5, 5.41) is 0. The fourth-order valence-electron chi connectivity index (χ4n) is 3.64. The minimum absolute atomic E-state index is 0.162. The van der Waals surface area contributed by atoms with Crippen molar-refractivity contribution in [2.45, 2.75) is 26.2 Å². The first-order valence-electron chi connectivity index (χ1n) is 8.20. The van der Waals surface area contributed by atoms with E-state index in [1.54, 1.807) is 0 Å². The molecule has 4 rings (SSSR count). The van der Waals surface area contributed by atoms with Gasteiger partial charge in [-0.05, 0) is 26.2 Å². The van der Waals surface area contributed by atoms with Crippen molar-refractivity contribution in [1.82, 2.24) is 14.9 Å². The molecule has 22 heavy (non-hydrogen) atoms. The molecule has 1 amide bonds. The predicted molar refractivity (Wildman–Crippen MR) is 88.4 cm³/mol. The van der Waals surface area contributed by atoms with Crippen molar-refractivity contribution in [2.24, 2.45) is 5.92 Å². The maximum atomic E-state index is 12.5. The summed E-state index contributed by atoms with van der Waals surface area (Å²) in [6, 6.07) is 0. The molecule has 0 unspecified atom stereocenters. The Labute approximate surface area is 135 Å². The number of anilines is 1. The van der Waals surface area contributed by atoms with Crippen LogP contribution in [-0.2, 0) is 17.6 Å². The van der Waals surface area contributed by atoms with Crippen LogP contribution in [0.2, 0.25) is 0 Å². The SMILES string of the molecule is Cc1nc2c(c(N3CC(C(=O)N4CCSCC4)C3)n1)CCC2. The van der Waals surface area contributed by atoms with Gasteiger partial charge >= 0.3 is 0 Å². The molecule has 1 aromatic heterocycles. The lowest BCUT2D eigenvalue weighted by Crippen LogP contribution is -2.56. The van der Waals surface area contributed by atoms with E-state index >= 15 is 0 Å². The standard InChI is InChI=1S/C16H22N4OS/c1-11-17-14-4-2-3-13(14)15(18-11)20-9-12(10-20)16(21)19-5-7-22-8-6-19/h12H,2-10H2,1H3. The number of thioether (sulfide) groups is 1. The largest absolute Gasteiger partial charge is 0.355 e. The normalized spacial score (nSPS) is 21.7. The van der Waals surface area contributed by atoms with E-state index in [4.69, 9.17) is 0 Å². The third-order valence-corrected chi connectivity index (χ3v) is 5.82. The van der Waals surface area contributed by atoms with E-state index in [9.17, 15) is 4.79 Å². The average molecular weight is 318 g/mol. The molecule has 2 aliphatic heterocycles. The van der Waals surface area contributed by atoms with Gasteiger partial charge in [-0.15, -0.1) is 0 Å². The molecule has 0 aromatic carbocycles. The summed E-state index contributed by atoms with van der Waals surface area (Å²) in [4.78, 5) is 26.1. The fraction of sp³-hybridized carbons (Fsp3) is 0.688. The Morgan fingerprint density at radius 1 is 1.18 bits per heavy atom. The minimum atomic E-state index is 0.162. The van der Waals surface area contributed by atoms with Crippen LogP contribution in [0.3, 0.4) is 0 Å². The second-order valence-electron chi connectivity index (χ2n) is 6.41. The zero-order valence-electron chi connectivity index (χ0n) is 13.0. The van der Waals surface area contributed by atoms with Gasteiger partial charge in [0, 0.05) is 48.9 Å². The number of fused-ring (bicyclic) bond motifs is 1. The van der Waals surface area contributed by atoms with Gasteiger partial charge in [0.15, 0.2) is 0 Å². The number of amides is 1. The van der Waals surface area contributed by atoms with Crippen LogP contribution in [-0.4, -0.2) is 58.5 Å². The van der Waals surface area contributed by atoms with E-state index < -0.39 is 0 Å². The Morgan fingerprint density at radius 3 is 2.73 bits per heavy atom. The van der Waals surface area contributed by atoms with Crippen LogP contribution in [0.4, 0.5) is 5.82 Å². The van der Waals surface area contributed by atoms with Crippen LogP contribution >= 0.6 is 11.8 Å². The van der Waals surface area contributed by atoms with E-state index in [-0.39, 0.29) is 5.92 Å². The molecular formula is C16H22N4OS. The van der Waals surface area contributed by atoms with Crippen molar-refractivity contribution < 1.29 is 4.79 Å². The van der Waals surface area contributed by atoms with E-state index in [0.29, 0.717) is 5.91 Å². The number of hydrogen-bond acceptors (Lipinski definition) is 5.